The van der Waals surface area contributed by atoms with E-state index in [0.717, 1.165) is 4.47 Å². The molecule has 6 N–H and O–H groups in total. The number of aliphatic hydroxyl groups excluding tert-OH is 4. The van der Waals surface area contributed by atoms with Gasteiger partial charge in [-0.05, 0) is 30.3 Å². The second-order valence-electron chi connectivity index (χ2n) is 9.29. The lowest BCUT2D eigenvalue weighted by atomic mass is 9.96. The number of hydrogen-bond acceptors (Lipinski definition) is 8. The van der Waals surface area contributed by atoms with Gasteiger partial charge in [0.15, 0.2) is 6.23 Å². The van der Waals surface area contributed by atoms with Gasteiger partial charge in [-0.3, -0.25) is 19.5 Å². The Bertz CT molecular complexity index is 1810. The molecular weight excluding hydrogens is 548 g/mol. The van der Waals surface area contributed by atoms with E-state index >= 15 is 0 Å². The number of H-pyrrole nitrogens is 1. The standard InChI is InChI=1S/C25H19BrN4O7/c26-8-3-4-11-10(6-8)13-15-16(24(36)29-23(15)35)14-9-2-1-5-27-22(9)30(18(14)17(13)28-11)25-21(34)20(33)19(32)12(7-31)37-25/h1-6,12,19-21,25,28,31-34H,7H2,(H,29,35,36)/t12-,19-,20+,21-,25-/m1/s1. The molecule has 11 nitrogen and oxygen atoms in total. The van der Waals surface area contributed by atoms with E-state index < -0.39 is 49.1 Å². The lowest BCUT2D eigenvalue weighted by Crippen LogP contribution is -2.56. The van der Waals surface area contributed by atoms with Gasteiger partial charge in [0.1, 0.15) is 30.1 Å². The summed E-state index contributed by atoms with van der Waals surface area (Å²) in [6, 6.07) is 8.95. The number of aliphatic hydroxyl groups is 4. The third kappa shape index (κ3) is 2.90. The highest BCUT2D eigenvalue weighted by molar-refractivity contribution is 9.10. The monoisotopic (exact) mass is 566 g/mol. The predicted molar refractivity (Wildman–Crippen MR) is 135 cm³/mol. The van der Waals surface area contributed by atoms with Gasteiger partial charge in [-0.25, -0.2) is 4.98 Å². The van der Waals surface area contributed by atoms with E-state index in [9.17, 15) is 30.0 Å². The molecule has 0 radical (unpaired) electrons. The average molecular weight is 567 g/mol. The van der Waals surface area contributed by atoms with E-state index in [1.807, 2.05) is 18.2 Å². The van der Waals surface area contributed by atoms with Gasteiger partial charge in [-0.1, -0.05) is 15.9 Å². The highest BCUT2D eigenvalue weighted by Gasteiger charge is 2.46. The Labute approximate surface area is 215 Å². The second-order valence-corrected chi connectivity index (χ2v) is 10.2. The molecule has 2 amide bonds. The van der Waals surface area contributed by atoms with Crippen LogP contribution in [0.25, 0.3) is 43.7 Å². The van der Waals surface area contributed by atoms with E-state index in [-0.39, 0.29) is 11.1 Å². The van der Waals surface area contributed by atoms with Gasteiger partial charge in [0.25, 0.3) is 11.8 Å². The lowest BCUT2D eigenvalue weighted by molar-refractivity contribution is -0.249. The number of ether oxygens (including phenoxy) is 1. The lowest BCUT2D eigenvalue weighted by Gasteiger charge is -2.40. The molecule has 37 heavy (non-hydrogen) atoms. The molecule has 1 fully saturated rings. The van der Waals surface area contributed by atoms with E-state index in [0.29, 0.717) is 43.7 Å². The first-order valence-electron chi connectivity index (χ1n) is 11.5. The number of imide groups is 1. The number of fused-ring (bicyclic) bond motifs is 10. The molecule has 188 valence electrons. The minimum absolute atomic E-state index is 0.176. The largest absolute Gasteiger partial charge is 0.394 e. The fourth-order valence-corrected chi connectivity index (χ4v) is 6.07. The number of pyridine rings is 1. The summed E-state index contributed by atoms with van der Waals surface area (Å²) in [6.45, 7) is -0.603. The van der Waals surface area contributed by atoms with Crippen molar-refractivity contribution in [1.82, 2.24) is 19.9 Å². The molecule has 0 saturated carbocycles. The smallest absolute Gasteiger partial charge is 0.259 e. The van der Waals surface area contributed by atoms with Crippen molar-refractivity contribution in [3.8, 4) is 0 Å². The highest BCUT2D eigenvalue weighted by atomic mass is 79.9. The van der Waals surface area contributed by atoms with E-state index in [2.05, 4.69) is 31.2 Å². The molecule has 0 unspecified atom stereocenters. The first-order chi connectivity index (χ1) is 17.8. The quantitative estimate of drug-likeness (QED) is 0.174. The van der Waals surface area contributed by atoms with Gasteiger partial charge in [-0.2, -0.15) is 0 Å². The number of hydrogen-bond donors (Lipinski definition) is 6. The molecular formula is C25H19BrN4O7. The number of amides is 2. The molecule has 5 atom stereocenters. The first-order valence-corrected chi connectivity index (χ1v) is 12.3. The van der Waals surface area contributed by atoms with Gasteiger partial charge in [0.05, 0.1) is 28.8 Å². The number of carbonyl (C=O) groups excluding carboxylic acids is 2. The van der Waals surface area contributed by atoms with Gasteiger partial charge in [-0.15, -0.1) is 0 Å². The predicted octanol–water partition coefficient (Wildman–Crippen LogP) is 1.44. The van der Waals surface area contributed by atoms with Crippen LogP contribution in [0.1, 0.15) is 26.9 Å². The van der Waals surface area contributed by atoms with Crippen LogP contribution in [0.2, 0.25) is 0 Å². The zero-order valence-electron chi connectivity index (χ0n) is 18.8. The van der Waals surface area contributed by atoms with Crippen molar-refractivity contribution in [2.24, 2.45) is 0 Å². The van der Waals surface area contributed by atoms with Crippen LogP contribution in [-0.4, -0.2) is 77.8 Å². The van der Waals surface area contributed by atoms with Crippen LogP contribution in [0.15, 0.2) is 41.0 Å². The Morgan fingerprint density at radius 3 is 2.51 bits per heavy atom. The fraction of sp³-hybridized carbons (Fsp3) is 0.240. The molecule has 1 saturated heterocycles. The topological polar surface area (TPSA) is 170 Å². The van der Waals surface area contributed by atoms with Crippen LogP contribution in [-0.2, 0) is 4.74 Å². The maximum absolute atomic E-state index is 13.2. The molecule has 3 aromatic heterocycles. The molecule has 2 aromatic carbocycles. The van der Waals surface area contributed by atoms with Crippen molar-refractivity contribution in [2.45, 2.75) is 30.6 Å². The van der Waals surface area contributed by atoms with Crippen molar-refractivity contribution in [3.63, 3.8) is 0 Å². The first kappa shape index (κ1) is 22.8. The number of nitrogens with zero attached hydrogens (tertiary/aromatic N) is 2. The van der Waals surface area contributed by atoms with Gasteiger partial charge >= 0.3 is 0 Å². The van der Waals surface area contributed by atoms with Crippen LogP contribution < -0.4 is 5.32 Å². The molecule has 7 rings (SSSR count). The van der Waals surface area contributed by atoms with Crippen molar-refractivity contribution in [3.05, 3.63) is 52.1 Å². The molecule has 12 heteroatoms. The molecule has 0 aliphatic carbocycles. The summed E-state index contributed by atoms with van der Waals surface area (Å²) >= 11 is 3.48. The van der Waals surface area contributed by atoms with Gasteiger partial charge in [0, 0.05) is 37.7 Å². The van der Waals surface area contributed by atoms with Gasteiger partial charge in [0.2, 0.25) is 0 Å². The molecule has 0 spiro atoms. The van der Waals surface area contributed by atoms with E-state index in [1.54, 1.807) is 16.7 Å². The number of rotatable bonds is 2. The summed E-state index contributed by atoms with van der Waals surface area (Å²) in [5.74, 6) is -1.08. The summed E-state index contributed by atoms with van der Waals surface area (Å²) in [5, 5.41) is 46.3. The van der Waals surface area contributed by atoms with Crippen molar-refractivity contribution < 1.29 is 34.8 Å². The summed E-state index contributed by atoms with van der Waals surface area (Å²) in [7, 11) is 0. The summed E-state index contributed by atoms with van der Waals surface area (Å²) in [4.78, 5) is 34.1. The Morgan fingerprint density at radius 1 is 1.00 bits per heavy atom. The Balaban J connectivity index is 1.71. The number of carbonyl (C=O) groups is 2. The molecule has 2 aliphatic heterocycles. The minimum Gasteiger partial charge on any atom is -0.394 e. The Morgan fingerprint density at radius 2 is 1.76 bits per heavy atom. The number of benzene rings is 2. The third-order valence-electron chi connectivity index (χ3n) is 7.31. The maximum atomic E-state index is 13.2. The molecule has 5 heterocycles. The average Bonchev–Trinajstić information content (AvgIpc) is 3.52. The van der Waals surface area contributed by atoms with Crippen molar-refractivity contribution in [1.29, 1.82) is 0 Å². The van der Waals surface area contributed by atoms with Crippen LogP contribution in [0.5, 0.6) is 0 Å². The fourth-order valence-electron chi connectivity index (χ4n) is 5.71. The van der Waals surface area contributed by atoms with Crippen LogP contribution in [0.4, 0.5) is 0 Å². The molecule has 2 aliphatic rings. The number of aromatic amines is 1. The zero-order valence-corrected chi connectivity index (χ0v) is 20.4. The van der Waals surface area contributed by atoms with E-state index in [4.69, 9.17) is 4.74 Å². The molecule has 0 bridgehead atoms. The number of aromatic nitrogens is 3. The third-order valence-corrected chi connectivity index (χ3v) is 7.81. The SMILES string of the molecule is O=C1NC(=O)c2c1c1c3cc(Br)ccc3[nH]c1c1c2c2cccnc2n1[C@@H]1O[C@H](CO)[C@@H](O)[C@H](O)[C@H]1O. The van der Waals surface area contributed by atoms with Crippen molar-refractivity contribution in [2.75, 3.05) is 6.61 Å². The Hall–Kier alpha value is -3.39. The van der Waals surface area contributed by atoms with Crippen LogP contribution >= 0.6 is 15.9 Å². The summed E-state index contributed by atoms with van der Waals surface area (Å²) in [5.41, 5.74) is 2.36. The van der Waals surface area contributed by atoms with Crippen LogP contribution in [0, 0.1) is 0 Å². The normalized spacial score (nSPS) is 26.0. The maximum Gasteiger partial charge on any atom is 0.259 e. The Kier molecular flexibility index (Phi) is 4.81. The van der Waals surface area contributed by atoms with Crippen molar-refractivity contribution >= 4 is 71.5 Å². The number of halogens is 1. The van der Waals surface area contributed by atoms with Crippen LogP contribution in [0.3, 0.4) is 0 Å². The highest BCUT2D eigenvalue weighted by Crippen LogP contribution is 2.45. The second kappa shape index (κ2) is 7.81. The summed E-state index contributed by atoms with van der Waals surface area (Å²) in [6.07, 6.45) is -5.68. The zero-order chi connectivity index (χ0) is 25.7. The van der Waals surface area contributed by atoms with Gasteiger partial charge < -0.3 is 30.1 Å². The summed E-state index contributed by atoms with van der Waals surface area (Å²) < 4.78 is 8.25. The molecule has 5 aromatic rings. The minimum atomic E-state index is -1.62. The van der Waals surface area contributed by atoms with E-state index in [1.165, 1.54) is 6.20 Å². The number of nitrogens with one attached hydrogen (secondary N) is 2.